The molecule has 1 aromatic rings. The van der Waals surface area contributed by atoms with Crippen LogP contribution in [0.4, 0.5) is 0 Å². The lowest BCUT2D eigenvalue weighted by atomic mass is 9.80. The van der Waals surface area contributed by atoms with E-state index in [1.165, 1.54) is 5.56 Å². The zero-order chi connectivity index (χ0) is 15.3. The molecule has 118 valence electrons. The molecule has 1 saturated carbocycles. The van der Waals surface area contributed by atoms with Gasteiger partial charge in [-0.05, 0) is 58.0 Å². The molecule has 0 aliphatic heterocycles. The van der Waals surface area contributed by atoms with Gasteiger partial charge in [0.2, 0.25) is 0 Å². The third kappa shape index (κ3) is 4.99. The lowest BCUT2D eigenvalue weighted by Crippen LogP contribution is -2.46. The Labute approximate surface area is 128 Å². The topological polar surface area (TPSA) is 44.7 Å². The van der Waals surface area contributed by atoms with E-state index in [9.17, 15) is 5.11 Å². The van der Waals surface area contributed by atoms with Crippen molar-refractivity contribution in [3.63, 3.8) is 0 Å². The molecule has 1 aromatic carbocycles. The van der Waals surface area contributed by atoms with Crippen molar-refractivity contribution in [2.45, 2.75) is 37.8 Å². The Morgan fingerprint density at radius 1 is 1.38 bits per heavy atom. The van der Waals surface area contributed by atoms with Crippen LogP contribution in [-0.4, -0.2) is 49.4 Å². The van der Waals surface area contributed by atoms with Crippen LogP contribution >= 0.6 is 0 Å². The van der Waals surface area contributed by atoms with Gasteiger partial charge in [-0.3, -0.25) is 0 Å². The molecule has 1 fully saturated rings. The molecular weight excluding hydrogens is 264 g/mol. The molecule has 0 bridgehead atoms. The van der Waals surface area contributed by atoms with Crippen LogP contribution < -0.4 is 10.1 Å². The molecule has 1 aliphatic rings. The van der Waals surface area contributed by atoms with Gasteiger partial charge in [-0.1, -0.05) is 12.1 Å². The van der Waals surface area contributed by atoms with E-state index in [1.807, 2.05) is 26.2 Å². The van der Waals surface area contributed by atoms with Gasteiger partial charge < -0.3 is 20.1 Å². The van der Waals surface area contributed by atoms with E-state index < -0.39 is 5.60 Å². The maximum Gasteiger partial charge on any atom is 0.119 e. The van der Waals surface area contributed by atoms with Crippen LogP contribution in [0, 0.1) is 0 Å². The summed E-state index contributed by atoms with van der Waals surface area (Å²) in [4.78, 5) is 2.10. The molecule has 4 nitrogen and oxygen atoms in total. The summed E-state index contributed by atoms with van der Waals surface area (Å²) in [5.74, 6) is 0.908. The highest BCUT2D eigenvalue weighted by Gasteiger charge is 2.34. The molecule has 0 amide bonds. The zero-order valence-corrected chi connectivity index (χ0v) is 13.4. The van der Waals surface area contributed by atoms with Gasteiger partial charge in [0.25, 0.3) is 0 Å². The van der Waals surface area contributed by atoms with Crippen molar-refractivity contribution >= 4 is 0 Å². The molecular formula is C17H28N2O2. The molecule has 0 saturated heterocycles. The van der Waals surface area contributed by atoms with Gasteiger partial charge in [0.1, 0.15) is 12.4 Å². The second-order valence-electron chi connectivity index (χ2n) is 6.40. The summed E-state index contributed by atoms with van der Waals surface area (Å²) in [5, 5.41) is 13.6. The largest absolute Gasteiger partial charge is 0.492 e. The summed E-state index contributed by atoms with van der Waals surface area (Å²) in [6, 6.07) is 8.41. The van der Waals surface area contributed by atoms with Crippen molar-refractivity contribution in [1.29, 1.82) is 0 Å². The maximum atomic E-state index is 10.1. The lowest BCUT2D eigenvalue weighted by molar-refractivity contribution is -0.0329. The number of hydrogen-bond donors (Lipinski definition) is 2. The fourth-order valence-corrected chi connectivity index (χ4v) is 2.44. The van der Waals surface area contributed by atoms with Gasteiger partial charge in [-0.2, -0.15) is 0 Å². The predicted molar refractivity (Wildman–Crippen MR) is 85.7 cm³/mol. The van der Waals surface area contributed by atoms with Crippen molar-refractivity contribution in [2.75, 3.05) is 33.8 Å². The molecule has 1 atom stereocenters. The summed E-state index contributed by atoms with van der Waals surface area (Å²) in [6.45, 7) is 4.39. The van der Waals surface area contributed by atoms with E-state index in [0.29, 0.717) is 13.2 Å². The smallest absolute Gasteiger partial charge is 0.119 e. The SMILES string of the molecule is CC(NCC1(O)CCC1)c1cccc(OCCN(C)C)c1. The molecule has 2 N–H and O–H groups in total. The molecule has 0 radical (unpaired) electrons. The van der Waals surface area contributed by atoms with Crippen LogP contribution in [0.25, 0.3) is 0 Å². The van der Waals surface area contributed by atoms with Gasteiger partial charge in [0.15, 0.2) is 0 Å². The first-order chi connectivity index (χ1) is 9.98. The molecule has 4 heteroatoms. The van der Waals surface area contributed by atoms with Crippen molar-refractivity contribution in [1.82, 2.24) is 10.2 Å². The molecule has 0 spiro atoms. The molecule has 2 rings (SSSR count). The Morgan fingerprint density at radius 3 is 2.76 bits per heavy atom. The normalized spacial score (nSPS) is 18.3. The Bertz CT molecular complexity index is 444. The van der Waals surface area contributed by atoms with Crippen molar-refractivity contribution in [2.24, 2.45) is 0 Å². The molecule has 0 aromatic heterocycles. The average molecular weight is 292 g/mol. The lowest BCUT2D eigenvalue weighted by Gasteiger charge is -2.37. The van der Waals surface area contributed by atoms with E-state index in [2.05, 4.69) is 29.3 Å². The molecule has 0 heterocycles. The van der Waals surface area contributed by atoms with Crippen LogP contribution in [0.15, 0.2) is 24.3 Å². The van der Waals surface area contributed by atoms with Crippen LogP contribution in [0.5, 0.6) is 5.75 Å². The minimum absolute atomic E-state index is 0.215. The van der Waals surface area contributed by atoms with Crippen molar-refractivity contribution in [3.8, 4) is 5.75 Å². The average Bonchev–Trinajstić information content (AvgIpc) is 2.42. The zero-order valence-electron chi connectivity index (χ0n) is 13.4. The van der Waals surface area contributed by atoms with Gasteiger partial charge in [0.05, 0.1) is 5.60 Å². The first-order valence-corrected chi connectivity index (χ1v) is 7.82. The van der Waals surface area contributed by atoms with Crippen molar-refractivity contribution < 1.29 is 9.84 Å². The van der Waals surface area contributed by atoms with E-state index in [0.717, 1.165) is 31.6 Å². The van der Waals surface area contributed by atoms with Gasteiger partial charge in [-0.15, -0.1) is 0 Å². The minimum atomic E-state index is -0.478. The molecule has 1 aliphatic carbocycles. The number of rotatable bonds is 8. The summed E-state index contributed by atoms with van der Waals surface area (Å²) in [5.41, 5.74) is 0.717. The first kappa shape index (κ1) is 16.3. The van der Waals surface area contributed by atoms with Crippen LogP contribution in [-0.2, 0) is 0 Å². The first-order valence-electron chi connectivity index (χ1n) is 7.82. The quantitative estimate of drug-likeness (QED) is 0.771. The van der Waals surface area contributed by atoms with Gasteiger partial charge >= 0.3 is 0 Å². The standard InChI is InChI=1S/C17H28N2O2/c1-14(18-13-17(20)8-5-9-17)15-6-4-7-16(12-15)21-11-10-19(2)3/h4,6-7,12,14,18,20H,5,8-11,13H2,1-3H3. The molecule has 1 unspecified atom stereocenters. The fraction of sp³-hybridized carbons (Fsp3) is 0.647. The van der Waals surface area contributed by atoms with E-state index >= 15 is 0 Å². The van der Waals surface area contributed by atoms with E-state index in [1.54, 1.807) is 0 Å². The van der Waals surface area contributed by atoms with Crippen molar-refractivity contribution in [3.05, 3.63) is 29.8 Å². The Hall–Kier alpha value is -1.10. The maximum absolute atomic E-state index is 10.1. The van der Waals surface area contributed by atoms with Gasteiger partial charge in [-0.25, -0.2) is 0 Å². The summed E-state index contributed by atoms with van der Waals surface area (Å²) < 4.78 is 5.77. The van der Waals surface area contributed by atoms with E-state index in [-0.39, 0.29) is 6.04 Å². The second-order valence-corrected chi connectivity index (χ2v) is 6.40. The van der Waals surface area contributed by atoms with Gasteiger partial charge in [0, 0.05) is 19.1 Å². The number of aliphatic hydroxyl groups is 1. The third-order valence-electron chi connectivity index (χ3n) is 4.19. The Morgan fingerprint density at radius 2 is 2.14 bits per heavy atom. The summed E-state index contributed by atoms with van der Waals surface area (Å²) in [6.07, 6.45) is 2.97. The highest BCUT2D eigenvalue weighted by molar-refractivity contribution is 5.30. The number of hydrogen-bond acceptors (Lipinski definition) is 4. The Balaban J connectivity index is 1.84. The monoisotopic (exact) mass is 292 g/mol. The van der Waals surface area contributed by atoms with Crippen LogP contribution in [0.3, 0.4) is 0 Å². The number of likely N-dealkylation sites (N-methyl/N-ethyl adjacent to an activating group) is 1. The number of ether oxygens (including phenoxy) is 1. The second kappa shape index (κ2) is 7.25. The predicted octanol–water partition coefficient (Wildman–Crippen LogP) is 2.19. The highest BCUT2D eigenvalue weighted by Crippen LogP contribution is 2.31. The third-order valence-corrected chi connectivity index (χ3v) is 4.19. The van der Waals surface area contributed by atoms with E-state index in [4.69, 9.17) is 4.74 Å². The molecule has 21 heavy (non-hydrogen) atoms. The minimum Gasteiger partial charge on any atom is -0.492 e. The summed E-state index contributed by atoms with van der Waals surface area (Å²) >= 11 is 0. The Kier molecular flexibility index (Phi) is 5.62. The number of benzene rings is 1. The van der Waals surface area contributed by atoms with Crippen LogP contribution in [0.2, 0.25) is 0 Å². The fourth-order valence-electron chi connectivity index (χ4n) is 2.44. The summed E-state index contributed by atoms with van der Waals surface area (Å²) in [7, 11) is 4.08. The highest BCUT2D eigenvalue weighted by atomic mass is 16.5. The van der Waals surface area contributed by atoms with Crippen LogP contribution in [0.1, 0.15) is 37.8 Å². The number of nitrogens with zero attached hydrogens (tertiary/aromatic N) is 1. The number of nitrogens with one attached hydrogen (secondary N) is 1.